The standard InChI is InChI=1S/C8H12BrNOS/c1-5-6(9)4-12-8(5)7(10)2-3-11/h4,7,11H,2-3,10H2,1H3. The molecule has 1 aromatic heterocycles. The highest BCUT2D eigenvalue weighted by Gasteiger charge is 2.12. The van der Waals surface area contributed by atoms with Gasteiger partial charge >= 0.3 is 0 Å². The first-order valence-electron chi connectivity index (χ1n) is 3.76. The number of hydrogen-bond acceptors (Lipinski definition) is 3. The Morgan fingerprint density at radius 3 is 2.83 bits per heavy atom. The number of aliphatic hydroxyl groups is 1. The van der Waals surface area contributed by atoms with E-state index in [1.54, 1.807) is 11.3 Å². The van der Waals surface area contributed by atoms with Gasteiger partial charge in [0.25, 0.3) is 0 Å². The molecule has 0 aliphatic carbocycles. The van der Waals surface area contributed by atoms with E-state index < -0.39 is 0 Å². The Hall–Kier alpha value is 0.1000. The van der Waals surface area contributed by atoms with Crippen molar-refractivity contribution in [1.29, 1.82) is 0 Å². The van der Waals surface area contributed by atoms with Crippen molar-refractivity contribution >= 4 is 27.3 Å². The van der Waals surface area contributed by atoms with Crippen molar-refractivity contribution in [3.8, 4) is 0 Å². The molecule has 1 heterocycles. The molecule has 0 saturated carbocycles. The zero-order chi connectivity index (χ0) is 9.14. The maximum absolute atomic E-state index is 8.71. The number of halogens is 1. The lowest BCUT2D eigenvalue weighted by Gasteiger charge is -2.08. The van der Waals surface area contributed by atoms with Crippen molar-refractivity contribution in [1.82, 2.24) is 0 Å². The van der Waals surface area contributed by atoms with Crippen LogP contribution in [-0.4, -0.2) is 11.7 Å². The lowest BCUT2D eigenvalue weighted by molar-refractivity contribution is 0.277. The van der Waals surface area contributed by atoms with Crippen molar-refractivity contribution in [3.63, 3.8) is 0 Å². The van der Waals surface area contributed by atoms with E-state index >= 15 is 0 Å². The zero-order valence-electron chi connectivity index (χ0n) is 6.88. The lowest BCUT2D eigenvalue weighted by atomic mass is 10.1. The fourth-order valence-electron chi connectivity index (χ4n) is 1.05. The molecule has 2 nitrogen and oxygen atoms in total. The maximum atomic E-state index is 8.71. The van der Waals surface area contributed by atoms with Crippen molar-refractivity contribution in [3.05, 3.63) is 20.3 Å². The fourth-order valence-corrected chi connectivity index (χ4v) is 2.66. The minimum absolute atomic E-state index is 0.0219. The predicted molar refractivity (Wildman–Crippen MR) is 55.4 cm³/mol. The van der Waals surface area contributed by atoms with Crippen molar-refractivity contribution < 1.29 is 5.11 Å². The van der Waals surface area contributed by atoms with Gasteiger partial charge in [0.15, 0.2) is 0 Å². The normalized spacial score (nSPS) is 13.3. The van der Waals surface area contributed by atoms with E-state index in [1.165, 1.54) is 5.56 Å². The summed E-state index contributed by atoms with van der Waals surface area (Å²) in [6, 6.07) is -0.0219. The maximum Gasteiger partial charge on any atom is 0.0449 e. The molecular formula is C8H12BrNOS. The van der Waals surface area contributed by atoms with Crippen molar-refractivity contribution in [2.24, 2.45) is 5.73 Å². The Balaban J connectivity index is 2.80. The highest BCUT2D eigenvalue weighted by Crippen LogP contribution is 2.31. The SMILES string of the molecule is Cc1c(Br)csc1C(N)CCO. The van der Waals surface area contributed by atoms with Crippen molar-refractivity contribution in [2.75, 3.05) is 6.61 Å². The van der Waals surface area contributed by atoms with Gasteiger partial charge in [0.05, 0.1) is 0 Å². The van der Waals surface area contributed by atoms with Gasteiger partial charge in [-0.15, -0.1) is 11.3 Å². The van der Waals surface area contributed by atoms with Crippen molar-refractivity contribution in [2.45, 2.75) is 19.4 Å². The molecule has 0 bridgehead atoms. The summed E-state index contributed by atoms with van der Waals surface area (Å²) in [7, 11) is 0. The minimum Gasteiger partial charge on any atom is -0.396 e. The summed E-state index contributed by atoms with van der Waals surface area (Å²) >= 11 is 5.07. The Morgan fingerprint density at radius 1 is 1.75 bits per heavy atom. The minimum atomic E-state index is -0.0219. The van der Waals surface area contributed by atoms with Crippen LogP contribution in [-0.2, 0) is 0 Å². The molecule has 68 valence electrons. The second-order valence-corrected chi connectivity index (χ2v) is 4.46. The Labute approximate surface area is 84.5 Å². The molecule has 0 aliphatic heterocycles. The molecule has 12 heavy (non-hydrogen) atoms. The third kappa shape index (κ3) is 2.07. The van der Waals surface area contributed by atoms with E-state index in [9.17, 15) is 0 Å². The average Bonchev–Trinajstić information content (AvgIpc) is 2.34. The Kier molecular flexibility index (Phi) is 3.71. The molecule has 1 unspecified atom stereocenters. The Bertz CT molecular complexity index is 262. The third-order valence-electron chi connectivity index (χ3n) is 1.79. The highest BCUT2D eigenvalue weighted by molar-refractivity contribution is 9.10. The molecule has 4 heteroatoms. The molecule has 0 aliphatic rings. The summed E-state index contributed by atoms with van der Waals surface area (Å²) in [5.41, 5.74) is 7.04. The van der Waals surface area contributed by atoms with E-state index in [4.69, 9.17) is 10.8 Å². The van der Waals surface area contributed by atoms with Gasteiger partial charge in [-0.05, 0) is 34.8 Å². The summed E-state index contributed by atoms with van der Waals surface area (Å²) in [5, 5.41) is 10.7. The summed E-state index contributed by atoms with van der Waals surface area (Å²) in [6.07, 6.45) is 0.633. The second-order valence-electron chi connectivity index (χ2n) is 2.69. The van der Waals surface area contributed by atoms with Crippen LogP contribution in [0.3, 0.4) is 0 Å². The summed E-state index contributed by atoms with van der Waals surface area (Å²) in [5.74, 6) is 0. The summed E-state index contributed by atoms with van der Waals surface area (Å²) in [4.78, 5) is 1.16. The predicted octanol–water partition coefficient (Wildman–Crippen LogP) is 2.20. The van der Waals surface area contributed by atoms with Gasteiger partial charge in [-0.3, -0.25) is 0 Å². The van der Waals surface area contributed by atoms with E-state index in [2.05, 4.69) is 15.9 Å². The van der Waals surface area contributed by atoms with Crippen LogP contribution in [0.2, 0.25) is 0 Å². The summed E-state index contributed by atoms with van der Waals surface area (Å²) in [6.45, 7) is 2.18. The van der Waals surface area contributed by atoms with Gasteiger partial charge in [0.1, 0.15) is 0 Å². The Morgan fingerprint density at radius 2 is 2.42 bits per heavy atom. The number of thiophene rings is 1. The van der Waals surface area contributed by atoms with E-state index in [0.29, 0.717) is 6.42 Å². The first-order chi connectivity index (χ1) is 5.66. The fraction of sp³-hybridized carbons (Fsp3) is 0.500. The molecule has 0 spiro atoms. The van der Waals surface area contributed by atoms with Gasteiger partial charge in [-0.2, -0.15) is 0 Å². The van der Waals surface area contributed by atoms with Crippen LogP contribution in [0.15, 0.2) is 9.85 Å². The number of hydrogen-bond donors (Lipinski definition) is 2. The first-order valence-corrected chi connectivity index (χ1v) is 5.44. The van der Waals surface area contributed by atoms with Gasteiger partial charge in [-0.25, -0.2) is 0 Å². The van der Waals surface area contributed by atoms with Crippen LogP contribution in [0, 0.1) is 6.92 Å². The van der Waals surface area contributed by atoms with Gasteiger partial charge in [0, 0.05) is 27.4 Å². The number of rotatable bonds is 3. The second kappa shape index (κ2) is 4.37. The summed E-state index contributed by atoms with van der Waals surface area (Å²) < 4.78 is 1.11. The molecule has 1 aromatic rings. The quantitative estimate of drug-likeness (QED) is 0.863. The number of nitrogens with two attached hydrogens (primary N) is 1. The van der Waals surface area contributed by atoms with Gasteiger partial charge in [0.2, 0.25) is 0 Å². The largest absolute Gasteiger partial charge is 0.396 e. The topological polar surface area (TPSA) is 46.2 Å². The molecule has 0 saturated heterocycles. The van der Waals surface area contributed by atoms with Crippen LogP contribution in [0.1, 0.15) is 22.9 Å². The molecular weight excluding hydrogens is 238 g/mol. The molecule has 0 radical (unpaired) electrons. The van der Waals surface area contributed by atoms with E-state index in [-0.39, 0.29) is 12.6 Å². The van der Waals surface area contributed by atoms with Gasteiger partial charge < -0.3 is 10.8 Å². The molecule has 1 rings (SSSR count). The third-order valence-corrected chi connectivity index (χ3v) is 4.14. The molecule has 0 aromatic carbocycles. The molecule has 0 fully saturated rings. The average molecular weight is 250 g/mol. The van der Waals surface area contributed by atoms with Gasteiger partial charge in [-0.1, -0.05) is 0 Å². The monoisotopic (exact) mass is 249 g/mol. The smallest absolute Gasteiger partial charge is 0.0449 e. The molecule has 3 N–H and O–H groups in total. The van der Waals surface area contributed by atoms with Crippen LogP contribution >= 0.6 is 27.3 Å². The van der Waals surface area contributed by atoms with Crippen LogP contribution in [0.4, 0.5) is 0 Å². The van der Waals surface area contributed by atoms with E-state index in [0.717, 1.165) is 9.35 Å². The first kappa shape index (κ1) is 10.2. The molecule has 0 amide bonds. The number of aliphatic hydroxyl groups excluding tert-OH is 1. The zero-order valence-corrected chi connectivity index (χ0v) is 9.28. The van der Waals surface area contributed by atoms with Crippen LogP contribution in [0.25, 0.3) is 0 Å². The lowest BCUT2D eigenvalue weighted by Crippen LogP contribution is -2.11. The van der Waals surface area contributed by atoms with Crippen LogP contribution in [0.5, 0.6) is 0 Å². The van der Waals surface area contributed by atoms with Crippen LogP contribution < -0.4 is 5.73 Å². The molecule has 1 atom stereocenters. The highest BCUT2D eigenvalue weighted by atomic mass is 79.9. The van der Waals surface area contributed by atoms with E-state index in [1.807, 2.05) is 12.3 Å².